The van der Waals surface area contributed by atoms with Gasteiger partial charge in [-0.25, -0.2) is 0 Å². The molecule has 0 spiro atoms. The zero-order valence-electron chi connectivity index (χ0n) is 17.0. The predicted molar refractivity (Wildman–Crippen MR) is 114 cm³/mol. The Kier molecular flexibility index (Phi) is 6.11. The van der Waals surface area contributed by atoms with Gasteiger partial charge in [-0.1, -0.05) is 42.5 Å². The number of amides is 1. The molecular formula is C25H32N2O. The minimum absolute atomic E-state index is 0.191. The van der Waals surface area contributed by atoms with Gasteiger partial charge in [0.1, 0.15) is 0 Å². The summed E-state index contributed by atoms with van der Waals surface area (Å²) in [5.41, 5.74) is 3.63. The van der Waals surface area contributed by atoms with Crippen molar-refractivity contribution in [2.45, 2.75) is 57.0 Å². The first-order chi connectivity index (χ1) is 13.7. The summed E-state index contributed by atoms with van der Waals surface area (Å²) >= 11 is 0. The fourth-order valence-corrected chi connectivity index (χ4v) is 4.85. The van der Waals surface area contributed by atoms with Crippen molar-refractivity contribution in [2.24, 2.45) is 0 Å². The molecule has 1 amide bonds. The van der Waals surface area contributed by atoms with Crippen molar-refractivity contribution in [1.29, 1.82) is 0 Å². The predicted octanol–water partition coefficient (Wildman–Crippen LogP) is 5.08. The molecule has 0 bridgehead atoms. The highest BCUT2D eigenvalue weighted by Gasteiger charge is 2.25. The SMILES string of the molecule is CN(Cc1ccc(C(=O)N2CCCC2)cc1)C1CCC(c2ccccc2)CC1. The van der Waals surface area contributed by atoms with Gasteiger partial charge < -0.3 is 4.90 Å². The first kappa shape index (κ1) is 19.2. The van der Waals surface area contributed by atoms with E-state index in [2.05, 4.69) is 54.4 Å². The number of likely N-dealkylation sites (tertiary alicyclic amines) is 1. The Hall–Kier alpha value is -2.13. The molecule has 0 unspecified atom stereocenters. The second-order valence-corrected chi connectivity index (χ2v) is 8.53. The monoisotopic (exact) mass is 376 g/mol. The lowest BCUT2D eigenvalue weighted by Crippen LogP contribution is -2.34. The van der Waals surface area contributed by atoms with E-state index in [9.17, 15) is 4.79 Å². The molecule has 4 rings (SSSR count). The zero-order valence-corrected chi connectivity index (χ0v) is 17.0. The van der Waals surface area contributed by atoms with Crippen LogP contribution in [0.4, 0.5) is 0 Å². The van der Waals surface area contributed by atoms with Crippen LogP contribution in [0.1, 0.15) is 65.9 Å². The molecule has 0 aromatic heterocycles. The van der Waals surface area contributed by atoms with Gasteiger partial charge >= 0.3 is 0 Å². The van der Waals surface area contributed by atoms with E-state index in [1.165, 1.54) is 36.8 Å². The molecule has 0 N–H and O–H groups in total. The smallest absolute Gasteiger partial charge is 0.253 e. The lowest BCUT2D eigenvalue weighted by atomic mass is 9.81. The van der Waals surface area contributed by atoms with Gasteiger partial charge in [-0.2, -0.15) is 0 Å². The number of hydrogen-bond acceptors (Lipinski definition) is 2. The lowest BCUT2D eigenvalue weighted by molar-refractivity contribution is 0.0793. The molecule has 1 aliphatic heterocycles. The highest BCUT2D eigenvalue weighted by Crippen LogP contribution is 2.34. The van der Waals surface area contributed by atoms with E-state index in [-0.39, 0.29) is 5.91 Å². The van der Waals surface area contributed by atoms with Crippen LogP contribution >= 0.6 is 0 Å². The van der Waals surface area contributed by atoms with E-state index in [0.29, 0.717) is 6.04 Å². The van der Waals surface area contributed by atoms with Crippen LogP contribution in [0.3, 0.4) is 0 Å². The topological polar surface area (TPSA) is 23.6 Å². The maximum atomic E-state index is 12.5. The van der Waals surface area contributed by atoms with Crippen molar-refractivity contribution < 1.29 is 4.79 Å². The molecule has 148 valence electrons. The van der Waals surface area contributed by atoms with E-state index in [1.807, 2.05) is 17.0 Å². The number of carbonyl (C=O) groups excluding carboxylic acids is 1. The summed E-state index contributed by atoms with van der Waals surface area (Å²) in [6.45, 7) is 2.78. The Morgan fingerprint density at radius 1 is 0.929 bits per heavy atom. The Morgan fingerprint density at radius 3 is 2.21 bits per heavy atom. The lowest BCUT2D eigenvalue weighted by Gasteiger charge is -2.35. The molecule has 2 fully saturated rings. The van der Waals surface area contributed by atoms with Gasteiger partial charge in [0.05, 0.1) is 0 Å². The summed E-state index contributed by atoms with van der Waals surface area (Å²) in [6, 6.07) is 19.9. The molecule has 2 aromatic carbocycles. The summed E-state index contributed by atoms with van der Waals surface area (Å²) in [6.07, 6.45) is 7.37. The van der Waals surface area contributed by atoms with Crippen molar-refractivity contribution in [1.82, 2.24) is 9.80 Å². The van der Waals surface area contributed by atoms with Crippen molar-refractivity contribution in [3.63, 3.8) is 0 Å². The normalized spacial score (nSPS) is 22.6. The largest absolute Gasteiger partial charge is 0.339 e. The third kappa shape index (κ3) is 4.47. The minimum atomic E-state index is 0.191. The van der Waals surface area contributed by atoms with Crippen LogP contribution in [0.2, 0.25) is 0 Å². The molecule has 3 heteroatoms. The summed E-state index contributed by atoms with van der Waals surface area (Å²) in [4.78, 5) is 17.0. The first-order valence-corrected chi connectivity index (χ1v) is 10.8. The quantitative estimate of drug-likeness (QED) is 0.726. The molecule has 3 nitrogen and oxygen atoms in total. The summed E-state index contributed by atoms with van der Waals surface area (Å²) in [5.74, 6) is 0.915. The van der Waals surface area contributed by atoms with Crippen molar-refractivity contribution in [3.05, 3.63) is 71.3 Å². The molecule has 2 aliphatic rings. The Morgan fingerprint density at radius 2 is 1.57 bits per heavy atom. The molecule has 0 radical (unpaired) electrons. The van der Waals surface area contributed by atoms with Crippen LogP contribution < -0.4 is 0 Å². The summed E-state index contributed by atoms with van der Waals surface area (Å²) < 4.78 is 0. The molecule has 28 heavy (non-hydrogen) atoms. The number of hydrogen-bond donors (Lipinski definition) is 0. The van der Waals surface area contributed by atoms with Gasteiger partial charge in [0.2, 0.25) is 0 Å². The van der Waals surface area contributed by atoms with Gasteiger partial charge in [-0.05, 0) is 74.8 Å². The molecule has 1 saturated carbocycles. The van der Waals surface area contributed by atoms with E-state index in [4.69, 9.17) is 0 Å². The molecule has 2 aromatic rings. The van der Waals surface area contributed by atoms with Gasteiger partial charge in [-0.3, -0.25) is 9.69 Å². The van der Waals surface area contributed by atoms with E-state index in [1.54, 1.807) is 0 Å². The average molecular weight is 377 g/mol. The highest BCUT2D eigenvalue weighted by molar-refractivity contribution is 5.94. The third-order valence-corrected chi connectivity index (χ3v) is 6.62. The molecule has 1 aliphatic carbocycles. The molecule has 0 atom stereocenters. The highest BCUT2D eigenvalue weighted by atomic mass is 16.2. The minimum Gasteiger partial charge on any atom is -0.339 e. The fraction of sp³-hybridized carbons (Fsp3) is 0.480. The third-order valence-electron chi connectivity index (χ3n) is 6.62. The summed E-state index contributed by atoms with van der Waals surface area (Å²) in [5, 5.41) is 0. The second-order valence-electron chi connectivity index (χ2n) is 8.53. The molecule has 1 saturated heterocycles. The van der Waals surface area contributed by atoms with Crippen molar-refractivity contribution >= 4 is 5.91 Å². The standard InChI is InChI=1S/C25H32N2O/c1-26(24-15-13-22(14-16-24)21-7-3-2-4-8-21)19-20-9-11-23(12-10-20)25(28)27-17-5-6-18-27/h2-4,7-12,22,24H,5-6,13-19H2,1H3. The van der Waals surface area contributed by atoms with Crippen molar-refractivity contribution in [3.8, 4) is 0 Å². The molecule has 1 heterocycles. The van der Waals surface area contributed by atoms with Crippen LogP contribution in [0.15, 0.2) is 54.6 Å². The van der Waals surface area contributed by atoms with Crippen molar-refractivity contribution in [2.75, 3.05) is 20.1 Å². The van der Waals surface area contributed by atoms with Gasteiger partial charge in [-0.15, -0.1) is 0 Å². The maximum absolute atomic E-state index is 12.5. The van der Waals surface area contributed by atoms with Crippen LogP contribution in [-0.2, 0) is 6.54 Å². The van der Waals surface area contributed by atoms with E-state index >= 15 is 0 Å². The van der Waals surface area contributed by atoms with E-state index < -0.39 is 0 Å². The Bertz CT molecular complexity index is 757. The Balaban J connectivity index is 1.29. The second kappa shape index (κ2) is 8.91. The Labute approximate surface area is 169 Å². The van der Waals surface area contributed by atoms with Crippen LogP contribution in [0, 0.1) is 0 Å². The van der Waals surface area contributed by atoms with Gasteiger partial charge in [0, 0.05) is 31.2 Å². The fourth-order valence-electron chi connectivity index (χ4n) is 4.85. The van der Waals surface area contributed by atoms with Gasteiger partial charge in [0.25, 0.3) is 5.91 Å². The number of carbonyl (C=O) groups is 1. The average Bonchev–Trinajstić information content (AvgIpc) is 3.29. The van der Waals surface area contributed by atoms with E-state index in [0.717, 1.165) is 44.0 Å². The molecular weight excluding hydrogens is 344 g/mol. The van der Waals surface area contributed by atoms with Crippen LogP contribution in [0.5, 0.6) is 0 Å². The zero-order chi connectivity index (χ0) is 19.3. The number of benzene rings is 2. The van der Waals surface area contributed by atoms with Crippen LogP contribution in [0.25, 0.3) is 0 Å². The number of rotatable bonds is 5. The van der Waals surface area contributed by atoms with Crippen LogP contribution in [-0.4, -0.2) is 41.9 Å². The van der Waals surface area contributed by atoms with Gasteiger partial charge in [0.15, 0.2) is 0 Å². The first-order valence-electron chi connectivity index (χ1n) is 10.8. The number of nitrogens with zero attached hydrogens (tertiary/aromatic N) is 2. The summed E-state index contributed by atoms with van der Waals surface area (Å²) in [7, 11) is 2.25. The maximum Gasteiger partial charge on any atom is 0.253 e.